The summed E-state index contributed by atoms with van der Waals surface area (Å²) in [6, 6.07) is 0. The molecule has 6 heteroatoms. The Hall–Kier alpha value is 0.160. The lowest BCUT2D eigenvalue weighted by atomic mass is 9.85. The fraction of sp³-hybridized carbons (Fsp3) is 1.00. The second-order valence-corrected chi connectivity index (χ2v) is 6.28. The van der Waals surface area contributed by atoms with Crippen molar-refractivity contribution in [2.75, 3.05) is 12.8 Å². The van der Waals surface area contributed by atoms with Gasteiger partial charge < -0.3 is 10.8 Å². The van der Waals surface area contributed by atoms with Gasteiger partial charge in [-0.05, 0) is 25.7 Å². The standard InChI is InChI=1S/C8H17NO3S.ClH/c1-13(11,12)7-2-4-8(10,6-9)5-3-7;/h7,10H,2-6,9H2,1H3;1H. The summed E-state index contributed by atoms with van der Waals surface area (Å²) in [5.74, 6) is 0. The summed E-state index contributed by atoms with van der Waals surface area (Å²) in [5, 5.41) is 9.47. The van der Waals surface area contributed by atoms with E-state index in [0.29, 0.717) is 25.7 Å². The Morgan fingerprint density at radius 3 is 2.14 bits per heavy atom. The molecule has 1 rings (SSSR count). The van der Waals surface area contributed by atoms with Crippen molar-refractivity contribution in [2.24, 2.45) is 5.73 Å². The third-order valence-electron chi connectivity index (χ3n) is 2.85. The van der Waals surface area contributed by atoms with Gasteiger partial charge in [-0.15, -0.1) is 12.4 Å². The van der Waals surface area contributed by atoms with E-state index in [0.717, 1.165) is 0 Å². The molecule has 0 aliphatic heterocycles. The van der Waals surface area contributed by atoms with Gasteiger partial charge in [0.05, 0.1) is 10.9 Å². The highest BCUT2D eigenvalue weighted by Crippen LogP contribution is 2.30. The van der Waals surface area contributed by atoms with Crippen LogP contribution in [0.4, 0.5) is 0 Å². The van der Waals surface area contributed by atoms with Crippen molar-refractivity contribution in [2.45, 2.75) is 36.5 Å². The van der Waals surface area contributed by atoms with Crippen molar-refractivity contribution >= 4 is 22.2 Å². The van der Waals surface area contributed by atoms with Crippen LogP contribution >= 0.6 is 12.4 Å². The van der Waals surface area contributed by atoms with E-state index in [1.165, 1.54) is 6.26 Å². The minimum Gasteiger partial charge on any atom is -0.389 e. The smallest absolute Gasteiger partial charge is 0.150 e. The molecule has 1 aliphatic carbocycles. The molecule has 0 heterocycles. The maximum absolute atomic E-state index is 11.2. The first-order valence-corrected chi connectivity index (χ1v) is 6.44. The van der Waals surface area contributed by atoms with Crippen LogP contribution in [0.25, 0.3) is 0 Å². The maximum atomic E-state index is 11.2. The van der Waals surface area contributed by atoms with E-state index >= 15 is 0 Å². The van der Waals surface area contributed by atoms with E-state index in [1.807, 2.05) is 0 Å². The highest BCUT2D eigenvalue weighted by molar-refractivity contribution is 7.91. The number of nitrogens with two attached hydrogens (primary N) is 1. The van der Waals surface area contributed by atoms with Gasteiger partial charge in [-0.2, -0.15) is 0 Å². The molecule has 0 bridgehead atoms. The Labute approximate surface area is 91.2 Å². The normalized spacial score (nSPS) is 33.5. The van der Waals surface area contributed by atoms with Gasteiger partial charge in [0, 0.05) is 12.8 Å². The zero-order chi connectivity index (χ0) is 10.1. The molecular weight excluding hydrogens is 226 g/mol. The molecule has 0 aromatic carbocycles. The van der Waals surface area contributed by atoms with Gasteiger partial charge in [-0.1, -0.05) is 0 Å². The molecular formula is C8H18ClNO3S. The van der Waals surface area contributed by atoms with Gasteiger partial charge in [-0.3, -0.25) is 0 Å². The minimum absolute atomic E-state index is 0. The Bertz CT molecular complexity index is 270. The van der Waals surface area contributed by atoms with Crippen LogP contribution in [0.15, 0.2) is 0 Å². The number of rotatable bonds is 2. The molecule has 1 fully saturated rings. The molecule has 0 spiro atoms. The van der Waals surface area contributed by atoms with Crippen LogP contribution in [0.3, 0.4) is 0 Å². The zero-order valence-electron chi connectivity index (χ0n) is 8.27. The monoisotopic (exact) mass is 243 g/mol. The summed E-state index contributed by atoms with van der Waals surface area (Å²) in [4.78, 5) is 0. The predicted molar refractivity (Wildman–Crippen MR) is 58.4 cm³/mol. The minimum atomic E-state index is -2.94. The number of halogens is 1. The van der Waals surface area contributed by atoms with E-state index in [-0.39, 0.29) is 24.2 Å². The Morgan fingerprint density at radius 1 is 1.43 bits per heavy atom. The molecule has 0 radical (unpaired) electrons. The molecule has 3 N–H and O–H groups in total. The first-order chi connectivity index (χ1) is 5.87. The Kier molecular flexibility index (Phi) is 4.84. The average Bonchev–Trinajstić information content (AvgIpc) is 2.04. The van der Waals surface area contributed by atoms with Crippen molar-refractivity contribution < 1.29 is 13.5 Å². The van der Waals surface area contributed by atoms with Crippen molar-refractivity contribution in [3.05, 3.63) is 0 Å². The van der Waals surface area contributed by atoms with E-state index in [4.69, 9.17) is 5.73 Å². The van der Waals surface area contributed by atoms with Crippen LogP contribution in [0, 0.1) is 0 Å². The average molecular weight is 244 g/mol. The zero-order valence-corrected chi connectivity index (χ0v) is 9.90. The Morgan fingerprint density at radius 2 is 1.86 bits per heavy atom. The lowest BCUT2D eigenvalue weighted by molar-refractivity contribution is 0.0137. The highest BCUT2D eigenvalue weighted by atomic mass is 35.5. The van der Waals surface area contributed by atoms with Crippen LogP contribution < -0.4 is 5.73 Å². The van der Waals surface area contributed by atoms with Gasteiger partial charge in [0.15, 0.2) is 0 Å². The highest BCUT2D eigenvalue weighted by Gasteiger charge is 2.35. The topological polar surface area (TPSA) is 80.4 Å². The van der Waals surface area contributed by atoms with Gasteiger partial charge in [-0.25, -0.2) is 8.42 Å². The fourth-order valence-electron chi connectivity index (χ4n) is 1.76. The lowest BCUT2D eigenvalue weighted by Gasteiger charge is -2.34. The largest absolute Gasteiger partial charge is 0.389 e. The summed E-state index contributed by atoms with van der Waals surface area (Å²) in [7, 11) is -2.94. The SMILES string of the molecule is CS(=O)(=O)C1CCC(O)(CN)CC1.Cl. The van der Waals surface area contributed by atoms with Crippen LogP contribution in [-0.2, 0) is 9.84 Å². The van der Waals surface area contributed by atoms with Gasteiger partial charge in [0.2, 0.25) is 0 Å². The molecule has 14 heavy (non-hydrogen) atoms. The fourth-order valence-corrected chi connectivity index (χ4v) is 2.85. The van der Waals surface area contributed by atoms with E-state index in [2.05, 4.69) is 0 Å². The summed E-state index contributed by atoms with van der Waals surface area (Å²) >= 11 is 0. The molecule has 4 nitrogen and oxygen atoms in total. The molecule has 0 aromatic heterocycles. The lowest BCUT2D eigenvalue weighted by Crippen LogP contribution is -2.43. The quantitative estimate of drug-likeness (QED) is 0.720. The van der Waals surface area contributed by atoms with E-state index in [1.54, 1.807) is 0 Å². The molecule has 86 valence electrons. The maximum Gasteiger partial charge on any atom is 0.150 e. The first kappa shape index (κ1) is 14.2. The molecule has 1 saturated carbocycles. The summed E-state index contributed by atoms with van der Waals surface area (Å²) in [5.41, 5.74) is 4.57. The number of hydrogen-bond acceptors (Lipinski definition) is 4. The number of sulfone groups is 1. The van der Waals surface area contributed by atoms with Crippen molar-refractivity contribution in [1.29, 1.82) is 0 Å². The number of aliphatic hydroxyl groups is 1. The molecule has 0 saturated heterocycles. The van der Waals surface area contributed by atoms with Gasteiger partial charge >= 0.3 is 0 Å². The van der Waals surface area contributed by atoms with Crippen LogP contribution in [0.1, 0.15) is 25.7 Å². The van der Waals surface area contributed by atoms with Crippen LogP contribution in [-0.4, -0.2) is 37.2 Å². The third-order valence-corrected chi connectivity index (χ3v) is 4.53. The van der Waals surface area contributed by atoms with Crippen LogP contribution in [0.2, 0.25) is 0 Å². The summed E-state index contributed by atoms with van der Waals surface area (Å²) in [6.45, 7) is 0.226. The first-order valence-electron chi connectivity index (χ1n) is 4.49. The molecule has 1 aliphatic rings. The van der Waals surface area contributed by atoms with Gasteiger partial charge in [0.25, 0.3) is 0 Å². The molecule has 0 aromatic rings. The van der Waals surface area contributed by atoms with Crippen LogP contribution in [0.5, 0.6) is 0 Å². The molecule has 0 unspecified atom stereocenters. The second kappa shape index (κ2) is 4.79. The Balaban J connectivity index is 0.00000169. The molecule has 0 atom stereocenters. The third kappa shape index (κ3) is 3.38. The second-order valence-electron chi connectivity index (χ2n) is 3.96. The number of hydrogen-bond donors (Lipinski definition) is 2. The van der Waals surface area contributed by atoms with Gasteiger partial charge in [0.1, 0.15) is 9.84 Å². The van der Waals surface area contributed by atoms with E-state index in [9.17, 15) is 13.5 Å². The predicted octanol–water partition coefficient (Wildman–Crippen LogP) is 0.0852. The van der Waals surface area contributed by atoms with Crippen molar-refractivity contribution in [3.8, 4) is 0 Å². The molecule has 0 amide bonds. The van der Waals surface area contributed by atoms with E-state index < -0.39 is 15.4 Å². The summed E-state index contributed by atoms with van der Waals surface area (Å²) < 4.78 is 22.3. The van der Waals surface area contributed by atoms with Crippen molar-refractivity contribution in [3.63, 3.8) is 0 Å². The van der Waals surface area contributed by atoms with Crippen molar-refractivity contribution in [1.82, 2.24) is 0 Å². The summed E-state index contributed by atoms with van der Waals surface area (Å²) in [6.07, 6.45) is 3.33.